The third-order valence-electron chi connectivity index (χ3n) is 9.62. The number of esters is 2. The number of aliphatic hydroxyl groups is 2. The van der Waals surface area contributed by atoms with Crippen molar-refractivity contribution in [2.45, 2.75) is 187 Å². The highest BCUT2D eigenvalue weighted by Crippen LogP contribution is 2.43. The number of unbranched alkanes of at least 4 members (excludes halogenated alkanes) is 13. The van der Waals surface area contributed by atoms with E-state index < -0.39 is 72.3 Å². The molecule has 16 heteroatoms. The van der Waals surface area contributed by atoms with Gasteiger partial charge in [0.25, 0.3) is 0 Å². The van der Waals surface area contributed by atoms with Crippen LogP contribution in [0.25, 0.3) is 0 Å². The smallest absolute Gasteiger partial charge is 0.462 e. The van der Waals surface area contributed by atoms with E-state index in [1.807, 2.05) is 54.7 Å². The molecule has 0 bridgehead atoms. The first-order chi connectivity index (χ1) is 30.6. The quantitative estimate of drug-likeness (QED) is 0.0126. The number of ether oxygens (including phenoxy) is 2. The Bertz CT molecular complexity index is 1430. The molecule has 0 radical (unpaired) electrons. The molecule has 14 nitrogen and oxygen atoms in total. The van der Waals surface area contributed by atoms with Crippen LogP contribution in [0.2, 0.25) is 0 Å². The molecule has 0 aromatic carbocycles. The van der Waals surface area contributed by atoms with Gasteiger partial charge >= 0.3 is 27.6 Å². The molecular formula is C48H84O14P2. The maximum atomic E-state index is 12.7. The van der Waals surface area contributed by atoms with E-state index in [1.54, 1.807) is 6.08 Å². The number of aliphatic hydroxyl groups excluding tert-OH is 2. The van der Waals surface area contributed by atoms with Gasteiger partial charge < -0.3 is 34.4 Å². The van der Waals surface area contributed by atoms with E-state index in [2.05, 4.69) is 42.0 Å². The van der Waals surface area contributed by atoms with Gasteiger partial charge in [-0.2, -0.15) is 0 Å². The van der Waals surface area contributed by atoms with Crippen molar-refractivity contribution in [2.24, 2.45) is 5.92 Å². The third-order valence-corrected chi connectivity index (χ3v) is 11.1. The second kappa shape index (κ2) is 41.9. The summed E-state index contributed by atoms with van der Waals surface area (Å²) in [6.07, 6.45) is 42.2. The fourth-order valence-corrected chi connectivity index (χ4v) is 7.21. The Morgan fingerprint density at radius 3 is 1.67 bits per heavy atom. The molecular weight excluding hydrogens is 862 g/mol. The molecule has 0 aromatic rings. The average molecular weight is 947 g/mol. The van der Waals surface area contributed by atoms with Crippen molar-refractivity contribution in [1.29, 1.82) is 0 Å². The van der Waals surface area contributed by atoms with E-state index in [1.165, 1.54) is 70.6 Å². The van der Waals surface area contributed by atoms with Crippen molar-refractivity contribution in [3.8, 4) is 0 Å². The highest BCUT2D eigenvalue weighted by Gasteiger charge is 2.28. The topological polar surface area (TPSA) is 216 Å². The monoisotopic (exact) mass is 947 g/mol. The molecule has 0 saturated heterocycles. The summed E-state index contributed by atoms with van der Waals surface area (Å²) in [5.74, 6) is -0.355. The van der Waals surface area contributed by atoms with Gasteiger partial charge in [-0.25, -0.2) is 9.13 Å². The molecule has 64 heavy (non-hydrogen) atoms. The van der Waals surface area contributed by atoms with E-state index in [9.17, 15) is 33.8 Å². The van der Waals surface area contributed by atoms with Crippen LogP contribution in [0, 0.1) is 5.92 Å². The molecule has 0 aliphatic carbocycles. The Kier molecular flexibility index (Phi) is 40.3. The van der Waals surface area contributed by atoms with Crippen LogP contribution in [-0.4, -0.2) is 81.6 Å². The van der Waals surface area contributed by atoms with Crippen LogP contribution < -0.4 is 0 Å². The molecule has 0 rings (SSSR count). The zero-order valence-corrected chi connectivity index (χ0v) is 40.9. The molecule has 0 saturated carbocycles. The average Bonchev–Trinajstić information content (AvgIpc) is 3.24. The van der Waals surface area contributed by atoms with E-state index >= 15 is 0 Å². The minimum absolute atomic E-state index is 0.0188. The van der Waals surface area contributed by atoms with Gasteiger partial charge in [-0.05, 0) is 50.9 Å². The van der Waals surface area contributed by atoms with Gasteiger partial charge in [0.05, 0.1) is 25.9 Å². The Morgan fingerprint density at radius 1 is 0.562 bits per heavy atom. The minimum atomic E-state index is -4.88. The molecule has 0 aliphatic heterocycles. The first-order valence-electron chi connectivity index (χ1n) is 23.6. The van der Waals surface area contributed by atoms with Gasteiger partial charge in [-0.15, -0.1) is 0 Å². The van der Waals surface area contributed by atoms with Crippen molar-refractivity contribution in [3.63, 3.8) is 0 Å². The molecule has 0 aromatic heterocycles. The summed E-state index contributed by atoms with van der Waals surface area (Å²) in [6.45, 7) is 3.82. The lowest BCUT2D eigenvalue weighted by atomic mass is 10.0. The summed E-state index contributed by atoms with van der Waals surface area (Å²) in [5.41, 5.74) is 0. The predicted molar refractivity (Wildman–Crippen MR) is 254 cm³/mol. The van der Waals surface area contributed by atoms with Crippen LogP contribution in [0.15, 0.2) is 72.9 Å². The van der Waals surface area contributed by atoms with Gasteiger partial charge in [-0.3, -0.25) is 23.2 Å². The summed E-state index contributed by atoms with van der Waals surface area (Å²) < 4.78 is 47.8. The zero-order valence-electron chi connectivity index (χ0n) is 39.1. The first kappa shape index (κ1) is 61.5. The van der Waals surface area contributed by atoms with Gasteiger partial charge in [0.1, 0.15) is 12.7 Å². The number of rotatable bonds is 43. The number of phosphoric acid groups is 2. The van der Waals surface area contributed by atoms with Crippen molar-refractivity contribution >= 4 is 27.6 Å². The Balaban J connectivity index is 4.64. The summed E-state index contributed by atoms with van der Waals surface area (Å²) in [4.78, 5) is 52.8. The van der Waals surface area contributed by atoms with E-state index in [0.29, 0.717) is 25.7 Å². The van der Waals surface area contributed by atoms with Crippen LogP contribution in [0.3, 0.4) is 0 Å². The molecule has 370 valence electrons. The number of carbonyl (C=O) groups is 2. The number of carbonyl (C=O) groups excluding carboxylic acids is 2. The summed E-state index contributed by atoms with van der Waals surface area (Å²) in [7, 11) is -9.73. The number of hydrogen-bond acceptors (Lipinski definition) is 11. The lowest BCUT2D eigenvalue weighted by Crippen LogP contribution is -2.29. The summed E-state index contributed by atoms with van der Waals surface area (Å²) >= 11 is 0. The van der Waals surface area contributed by atoms with Crippen LogP contribution in [0.4, 0.5) is 0 Å². The zero-order chi connectivity index (χ0) is 47.6. The normalized spacial score (nSPS) is 15.1. The van der Waals surface area contributed by atoms with Crippen molar-refractivity contribution < 1.29 is 66.7 Å². The molecule has 0 fully saturated rings. The van der Waals surface area contributed by atoms with Crippen molar-refractivity contribution in [3.05, 3.63) is 72.9 Å². The number of hydrogen-bond donors (Lipinski definition) is 5. The van der Waals surface area contributed by atoms with E-state index in [4.69, 9.17) is 23.8 Å². The molecule has 5 N–H and O–H groups in total. The number of phosphoric ester groups is 2. The minimum Gasteiger partial charge on any atom is -0.462 e. The maximum Gasteiger partial charge on any atom is 0.472 e. The fourth-order valence-electron chi connectivity index (χ4n) is 6.05. The van der Waals surface area contributed by atoms with Crippen LogP contribution in [0.5, 0.6) is 0 Å². The molecule has 2 unspecified atom stereocenters. The summed E-state index contributed by atoms with van der Waals surface area (Å²) in [5, 5.41) is 19.8. The van der Waals surface area contributed by atoms with Gasteiger partial charge in [0.2, 0.25) is 0 Å². The predicted octanol–water partition coefficient (Wildman–Crippen LogP) is 11.4. The van der Waals surface area contributed by atoms with Gasteiger partial charge in [0.15, 0.2) is 6.10 Å². The number of allylic oxidation sites excluding steroid dienone is 10. The highest BCUT2D eigenvalue weighted by molar-refractivity contribution is 7.47. The third kappa shape index (κ3) is 46.1. The van der Waals surface area contributed by atoms with Crippen LogP contribution in [-0.2, 0) is 41.8 Å². The molecule has 4 atom stereocenters. The molecule has 0 amide bonds. The Hall–Kier alpha value is -2.48. The Labute approximate surface area is 385 Å². The summed E-state index contributed by atoms with van der Waals surface area (Å²) in [6, 6.07) is 0. The van der Waals surface area contributed by atoms with Crippen LogP contribution >= 0.6 is 15.6 Å². The van der Waals surface area contributed by atoms with Crippen molar-refractivity contribution in [2.75, 3.05) is 26.4 Å². The second-order valence-corrected chi connectivity index (χ2v) is 19.0. The molecule has 0 heterocycles. The van der Waals surface area contributed by atoms with Crippen molar-refractivity contribution in [1.82, 2.24) is 0 Å². The highest BCUT2D eigenvalue weighted by atomic mass is 31.2. The molecule has 0 aliphatic rings. The largest absolute Gasteiger partial charge is 0.472 e. The maximum absolute atomic E-state index is 12.7. The van der Waals surface area contributed by atoms with Crippen LogP contribution in [0.1, 0.15) is 168 Å². The second-order valence-electron chi connectivity index (χ2n) is 16.3. The van der Waals surface area contributed by atoms with E-state index in [0.717, 1.165) is 44.4 Å². The molecule has 0 spiro atoms. The Morgan fingerprint density at radius 2 is 1.08 bits per heavy atom. The lowest BCUT2D eigenvalue weighted by Gasteiger charge is -2.20. The SMILES string of the molecule is CC/C=C\C/C=C\CC(O)/C=C/C=C\C/C=C\C/C=C\CCC(=O)O[C@H](COC(=O)CCCCCCCCCCCCCCCCC(C)C)COP(=O)(O)OC[C@@H](O)COP(=O)(O)O. The lowest BCUT2D eigenvalue weighted by molar-refractivity contribution is -0.161. The van der Waals surface area contributed by atoms with Gasteiger partial charge in [0, 0.05) is 12.8 Å². The van der Waals surface area contributed by atoms with E-state index in [-0.39, 0.29) is 12.8 Å². The first-order valence-corrected chi connectivity index (χ1v) is 26.6. The van der Waals surface area contributed by atoms with Gasteiger partial charge in [-0.1, -0.05) is 184 Å². The fraction of sp³-hybridized carbons (Fsp3) is 0.708. The standard InChI is InChI=1S/C48H84O14P2/c1-4-5-6-7-25-30-35-44(49)36-31-26-21-17-14-15-19-23-28-33-38-48(52)62-46(42-61-64(56,57)60-40-45(50)39-59-63(53,54)55)41-58-47(51)37-32-27-22-18-13-11-9-8-10-12-16-20-24-29-34-43(2)3/h5-6,14-15,21,23,25-26,28,30-31,36,43-46,49-50H,4,7-13,16-20,22,24,27,29,32-35,37-42H2,1-3H3,(H,56,57)(H2,53,54,55)/b6-5-,15-14-,26-21-,28-23-,30-25-,36-31+/t44?,45-,46+/m0/s1.